The van der Waals surface area contributed by atoms with E-state index in [9.17, 15) is 27.7 Å². The molecule has 0 spiro atoms. The number of nitro benzene ring substituents is 1. The number of sulfonamides is 1. The summed E-state index contributed by atoms with van der Waals surface area (Å²) in [6.07, 6.45) is 0.920. The summed E-state index contributed by atoms with van der Waals surface area (Å²) in [5.74, 6) is 0.125. The second-order valence-corrected chi connectivity index (χ2v) is 9.05. The van der Waals surface area contributed by atoms with E-state index in [0.29, 0.717) is 17.1 Å². The Morgan fingerprint density at radius 3 is 2.62 bits per heavy atom. The van der Waals surface area contributed by atoms with Gasteiger partial charge in [0.05, 0.1) is 16.9 Å². The number of benzene rings is 2. The molecule has 1 N–H and O–H groups in total. The zero-order chi connectivity index (χ0) is 21.4. The first-order valence-corrected chi connectivity index (χ1v) is 11.5. The Morgan fingerprint density at radius 1 is 1.24 bits per heavy atom. The van der Waals surface area contributed by atoms with Crippen molar-refractivity contribution in [3.63, 3.8) is 0 Å². The van der Waals surface area contributed by atoms with Crippen molar-refractivity contribution in [3.05, 3.63) is 70.0 Å². The Hall–Kier alpha value is -2.66. The average Bonchev–Trinajstić information content (AvgIpc) is 2.66. The van der Waals surface area contributed by atoms with Crippen molar-refractivity contribution < 1.29 is 22.5 Å². The minimum atomic E-state index is -3.83. The molecule has 1 amide bonds. The van der Waals surface area contributed by atoms with Gasteiger partial charge in [-0.1, -0.05) is 24.3 Å². The predicted molar refractivity (Wildman–Crippen MR) is 111 cm³/mol. The smallest absolute Gasteiger partial charge is 0.271 e. The number of nitrogens with one attached hydrogen (secondary N) is 1. The fourth-order valence-corrected chi connectivity index (χ4v) is 4.10. The maximum absolute atomic E-state index is 13.5. The minimum absolute atomic E-state index is 0.0331. The van der Waals surface area contributed by atoms with Gasteiger partial charge >= 0.3 is 0 Å². The summed E-state index contributed by atoms with van der Waals surface area (Å²) < 4.78 is 38.4. The molecule has 0 heterocycles. The van der Waals surface area contributed by atoms with E-state index in [4.69, 9.17) is 0 Å². The summed E-state index contributed by atoms with van der Waals surface area (Å²) in [6.45, 7) is -0.234. The molecule has 0 atom stereocenters. The van der Waals surface area contributed by atoms with Gasteiger partial charge in [-0.05, 0) is 17.7 Å². The molecule has 0 aliphatic carbocycles. The molecular weight excluding hydrogens is 421 g/mol. The van der Waals surface area contributed by atoms with Crippen LogP contribution in [0.1, 0.15) is 5.56 Å². The lowest BCUT2D eigenvalue weighted by molar-refractivity contribution is -0.384. The summed E-state index contributed by atoms with van der Waals surface area (Å²) in [6, 6.07) is 11.5. The Labute approximate surface area is 172 Å². The van der Waals surface area contributed by atoms with Gasteiger partial charge in [0.2, 0.25) is 15.9 Å². The van der Waals surface area contributed by atoms with Crippen molar-refractivity contribution in [2.45, 2.75) is 5.75 Å². The standard InChI is InChI=1S/C18H20FN3O5S2/c1-29(26,27)21(15-6-4-7-16(11-15)22(24)25)12-18(23)20-9-10-28-13-14-5-2-3-8-17(14)19/h2-8,11H,9-10,12-13H2,1H3,(H,20,23). The zero-order valence-electron chi connectivity index (χ0n) is 15.6. The number of nitro groups is 1. The molecule has 0 aliphatic rings. The van der Waals surface area contributed by atoms with Gasteiger partial charge in [0, 0.05) is 30.2 Å². The van der Waals surface area contributed by atoms with Crippen LogP contribution in [-0.2, 0) is 20.6 Å². The number of halogens is 1. The normalized spacial score (nSPS) is 11.1. The van der Waals surface area contributed by atoms with Crippen molar-refractivity contribution in [2.75, 3.05) is 29.4 Å². The molecule has 0 saturated heterocycles. The first-order valence-electron chi connectivity index (χ1n) is 8.48. The third-order valence-electron chi connectivity index (χ3n) is 3.80. The van der Waals surface area contributed by atoms with Crippen molar-refractivity contribution in [1.82, 2.24) is 5.32 Å². The highest BCUT2D eigenvalue weighted by Crippen LogP contribution is 2.23. The van der Waals surface area contributed by atoms with Crippen LogP contribution in [0.3, 0.4) is 0 Å². The molecule has 0 aromatic heterocycles. The zero-order valence-corrected chi connectivity index (χ0v) is 17.2. The van der Waals surface area contributed by atoms with Crippen molar-refractivity contribution >= 4 is 39.1 Å². The molecule has 0 unspecified atom stereocenters. The van der Waals surface area contributed by atoms with Gasteiger partial charge in [-0.25, -0.2) is 12.8 Å². The van der Waals surface area contributed by atoms with E-state index in [1.54, 1.807) is 18.2 Å². The van der Waals surface area contributed by atoms with Crippen LogP contribution in [0.25, 0.3) is 0 Å². The number of non-ortho nitro benzene ring substituents is 1. The molecule has 8 nitrogen and oxygen atoms in total. The van der Waals surface area contributed by atoms with Gasteiger partial charge in [-0.15, -0.1) is 0 Å². The molecule has 0 aliphatic heterocycles. The van der Waals surface area contributed by atoms with Crippen LogP contribution in [0.4, 0.5) is 15.8 Å². The summed E-state index contributed by atoms with van der Waals surface area (Å²) in [5.41, 5.74) is 0.324. The average molecular weight is 442 g/mol. The molecule has 0 radical (unpaired) electrons. The second-order valence-electron chi connectivity index (χ2n) is 6.04. The van der Waals surface area contributed by atoms with E-state index in [1.165, 1.54) is 36.0 Å². The number of rotatable bonds is 10. The molecule has 0 bridgehead atoms. The first-order chi connectivity index (χ1) is 13.7. The molecule has 0 fully saturated rings. The highest BCUT2D eigenvalue weighted by atomic mass is 32.2. The molecule has 2 aromatic rings. The third-order valence-corrected chi connectivity index (χ3v) is 5.95. The minimum Gasteiger partial charge on any atom is -0.354 e. The van der Waals surface area contributed by atoms with Crippen LogP contribution in [-0.4, -0.2) is 44.3 Å². The predicted octanol–water partition coefficient (Wildman–Crippen LogP) is 2.55. The fourth-order valence-electron chi connectivity index (χ4n) is 2.41. The number of anilines is 1. The Morgan fingerprint density at radius 2 is 1.97 bits per heavy atom. The van der Waals surface area contributed by atoms with Gasteiger partial charge < -0.3 is 5.32 Å². The van der Waals surface area contributed by atoms with E-state index in [-0.39, 0.29) is 23.7 Å². The number of carbonyl (C=O) groups excluding carboxylic acids is 1. The van der Waals surface area contributed by atoms with Crippen LogP contribution in [0, 0.1) is 15.9 Å². The lowest BCUT2D eigenvalue weighted by atomic mass is 10.2. The van der Waals surface area contributed by atoms with E-state index < -0.39 is 27.4 Å². The monoisotopic (exact) mass is 441 g/mol. The van der Waals surface area contributed by atoms with Gasteiger partial charge in [-0.2, -0.15) is 11.8 Å². The number of hydrogen-bond acceptors (Lipinski definition) is 6. The Bertz CT molecular complexity index is 985. The number of amides is 1. The lowest BCUT2D eigenvalue weighted by Gasteiger charge is -2.21. The number of hydrogen-bond donors (Lipinski definition) is 1. The number of carbonyl (C=O) groups is 1. The molecular formula is C18H20FN3O5S2. The summed E-state index contributed by atoms with van der Waals surface area (Å²) >= 11 is 1.43. The van der Waals surface area contributed by atoms with Crippen LogP contribution in [0.5, 0.6) is 0 Å². The van der Waals surface area contributed by atoms with Gasteiger partial charge in [-0.3, -0.25) is 19.2 Å². The van der Waals surface area contributed by atoms with E-state index in [1.807, 2.05) is 0 Å². The van der Waals surface area contributed by atoms with Crippen LogP contribution < -0.4 is 9.62 Å². The summed E-state index contributed by atoms with van der Waals surface area (Å²) in [7, 11) is -3.83. The lowest BCUT2D eigenvalue weighted by Crippen LogP contribution is -2.41. The van der Waals surface area contributed by atoms with Crippen molar-refractivity contribution in [1.29, 1.82) is 0 Å². The topological polar surface area (TPSA) is 110 Å². The van der Waals surface area contributed by atoms with Gasteiger partial charge in [0.15, 0.2) is 0 Å². The fraction of sp³-hybridized carbons (Fsp3) is 0.278. The second kappa shape index (κ2) is 10.2. The Kier molecular flexibility index (Phi) is 7.97. The van der Waals surface area contributed by atoms with Crippen molar-refractivity contribution in [2.24, 2.45) is 0 Å². The highest BCUT2D eigenvalue weighted by molar-refractivity contribution is 7.98. The van der Waals surface area contributed by atoms with Crippen LogP contribution in [0.2, 0.25) is 0 Å². The van der Waals surface area contributed by atoms with Gasteiger partial charge in [0.25, 0.3) is 5.69 Å². The first kappa shape index (κ1) is 22.6. The molecule has 29 heavy (non-hydrogen) atoms. The SMILES string of the molecule is CS(=O)(=O)N(CC(=O)NCCSCc1ccccc1F)c1cccc([N+](=O)[O-])c1. The number of thioether (sulfide) groups is 1. The summed E-state index contributed by atoms with van der Waals surface area (Å²) in [5, 5.41) is 13.5. The maximum Gasteiger partial charge on any atom is 0.271 e. The quantitative estimate of drug-likeness (QED) is 0.345. The molecule has 2 rings (SSSR count). The maximum atomic E-state index is 13.5. The largest absolute Gasteiger partial charge is 0.354 e. The number of nitrogens with zero attached hydrogens (tertiary/aromatic N) is 2. The Balaban J connectivity index is 1.90. The summed E-state index contributed by atoms with van der Waals surface area (Å²) in [4.78, 5) is 22.4. The molecule has 0 saturated carbocycles. The molecule has 156 valence electrons. The van der Waals surface area contributed by atoms with Gasteiger partial charge in [0.1, 0.15) is 12.4 Å². The van der Waals surface area contributed by atoms with E-state index in [2.05, 4.69) is 5.32 Å². The third kappa shape index (κ3) is 7.02. The van der Waals surface area contributed by atoms with Crippen molar-refractivity contribution in [3.8, 4) is 0 Å². The van der Waals surface area contributed by atoms with E-state index in [0.717, 1.165) is 16.6 Å². The van der Waals surface area contributed by atoms with Crippen LogP contribution >= 0.6 is 11.8 Å². The van der Waals surface area contributed by atoms with Crippen LogP contribution in [0.15, 0.2) is 48.5 Å². The highest BCUT2D eigenvalue weighted by Gasteiger charge is 2.22. The van der Waals surface area contributed by atoms with E-state index >= 15 is 0 Å². The molecule has 11 heteroatoms. The molecule has 2 aromatic carbocycles.